The average Bonchev–Trinajstić information content (AvgIpc) is 0.798. The maximum Gasteiger partial charge on any atom is 0.306 e. The summed E-state index contributed by atoms with van der Waals surface area (Å²) in [6.07, 6.45) is 38.9. The molecule has 1 saturated heterocycles. The number of rotatable bonds is 68. The minimum absolute atomic E-state index is 0.0166. The summed E-state index contributed by atoms with van der Waals surface area (Å²) < 4.78 is 36.8. The van der Waals surface area contributed by atoms with Crippen molar-refractivity contribution < 1.29 is 78.2 Å². The number of aliphatic hydroxyl groups excluding tert-OH is 6. The van der Waals surface area contributed by atoms with Crippen molar-refractivity contribution >= 4 is 23.9 Å². The Hall–Kier alpha value is -2.44. The summed E-state index contributed by atoms with van der Waals surface area (Å²) in [5.41, 5.74) is 0. The van der Waals surface area contributed by atoms with Gasteiger partial charge in [-0.05, 0) is 25.7 Å². The molecule has 0 aliphatic carbocycles. The molecule has 0 aromatic carbocycles. The molecule has 0 bridgehead atoms. The number of ether oxygens (including phenoxy) is 6. The molecule has 0 aromatic rings. The number of carbonyl (C=O) groups is 4. The average molecular weight is 1310 g/mol. The molecule has 0 radical (unpaired) electrons. The van der Waals surface area contributed by atoms with Crippen molar-refractivity contribution in [3.8, 4) is 0 Å². The Morgan fingerprint density at radius 2 is 0.565 bits per heavy atom. The summed E-state index contributed by atoms with van der Waals surface area (Å²) in [7, 11) is 0. The lowest BCUT2D eigenvalue weighted by Crippen LogP contribution is -2.64. The van der Waals surface area contributed by atoms with E-state index >= 15 is 0 Å². The van der Waals surface area contributed by atoms with Gasteiger partial charge in [0.2, 0.25) is 6.29 Å². The van der Waals surface area contributed by atoms with Gasteiger partial charge in [0.25, 0.3) is 0 Å². The van der Waals surface area contributed by atoms with Crippen molar-refractivity contribution in [2.45, 2.75) is 449 Å². The van der Waals surface area contributed by atoms with Crippen molar-refractivity contribution in [1.82, 2.24) is 0 Å². The van der Waals surface area contributed by atoms with Crippen molar-refractivity contribution in [3.63, 3.8) is 0 Å². The van der Waals surface area contributed by atoms with E-state index in [0.717, 1.165) is 103 Å². The molecule has 16 nitrogen and oxygen atoms in total. The van der Waals surface area contributed by atoms with Crippen molar-refractivity contribution in [2.75, 3.05) is 13.2 Å². The van der Waals surface area contributed by atoms with Crippen LogP contribution in [0.25, 0.3) is 0 Å². The van der Waals surface area contributed by atoms with Crippen molar-refractivity contribution in [3.05, 3.63) is 0 Å². The van der Waals surface area contributed by atoms with E-state index < -0.39 is 98.5 Å². The Kier molecular flexibility index (Phi) is 60.3. The number of unbranched alkanes of at least 4 members (excludes halogenated alkanes) is 48. The molecule has 10 atom stereocenters. The highest BCUT2D eigenvalue weighted by Crippen LogP contribution is 2.33. The second-order valence-corrected chi connectivity index (χ2v) is 27.3. The molecular formula is C76H144O16. The van der Waals surface area contributed by atoms with Crippen LogP contribution in [0.2, 0.25) is 0 Å². The number of hydrogen-bond acceptors (Lipinski definition) is 16. The summed E-state index contributed by atoms with van der Waals surface area (Å²) in [6.45, 7) is 7.42. The van der Waals surface area contributed by atoms with Crippen molar-refractivity contribution in [1.29, 1.82) is 0 Å². The lowest BCUT2D eigenvalue weighted by atomic mass is 9.97. The zero-order chi connectivity index (χ0) is 67.3. The van der Waals surface area contributed by atoms with Crippen LogP contribution in [0.5, 0.6) is 0 Å². The first-order valence-electron chi connectivity index (χ1n) is 38.9. The highest BCUT2D eigenvalue weighted by atomic mass is 16.8. The Morgan fingerprint density at radius 1 is 0.315 bits per heavy atom. The lowest BCUT2D eigenvalue weighted by Gasteiger charge is -2.45. The van der Waals surface area contributed by atoms with E-state index in [4.69, 9.17) is 28.4 Å². The van der Waals surface area contributed by atoms with Crippen LogP contribution in [-0.4, -0.2) is 129 Å². The first kappa shape index (κ1) is 87.6. The van der Waals surface area contributed by atoms with Gasteiger partial charge < -0.3 is 59.1 Å². The number of carbonyl (C=O) groups excluding carboxylic acids is 4. The van der Waals surface area contributed by atoms with Gasteiger partial charge in [0, 0.05) is 25.7 Å². The van der Waals surface area contributed by atoms with E-state index in [1.807, 2.05) is 0 Å². The highest BCUT2D eigenvalue weighted by Gasteiger charge is 2.54. The second kappa shape index (κ2) is 63.3. The van der Waals surface area contributed by atoms with Gasteiger partial charge in [-0.2, -0.15) is 0 Å². The van der Waals surface area contributed by atoms with Crippen LogP contribution >= 0.6 is 0 Å². The van der Waals surface area contributed by atoms with Gasteiger partial charge in [0.1, 0.15) is 37.1 Å². The first-order chi connectivity index (χ1) is 44.8. The summed E-state index contributed by atoms with van der Waals surface area (Å²) >= 11 is 0. The molecule has 0 amide bonds. The Balaban J connectivity index is 3.46. The van der Waals surface area contributed by atoms with Gasteiger partial charge in [-0.3, -0.25) is 19.2 Å². The predicted octanol–water partition coefficient (Wildman–Crippen LogP) is 17.7. The fraction of sp³-hybridized carbons (Fsp3) is 0.947. The summed E-state index contributed by atoms with van der Waals surface area (Å²) in [4.78, 5) is 55.9. The SMILES string of the molecule is CCCCCCCCCCCCCCCC(=O)OC[C@H]1O[C@@H](OC(O)[C@@H](O)[C@@H](O)[C@H](O)[C@H](O)CO)[C@@H](OC(=O)CCCCCCCCCCCCCCC)[C@@H](OC(=O)CCCCCCCCCCCCCCC)[C@@H]1OC(=O)CCCCCCCCCCCCCCC. The second-order valence-electron chi connectivity index (χ2n) is 27.3. The van der Waals surface area contributed by atoms with Crippen LogP contribution in [0.15, 0.2) is 0 Å². The molecule has 544 valence electrons. The van der Waals surface area contributed by atoms with E-state index in [0.29, 0.717) is 25.7 Å². The maximum atomic E-state index is 14.2. The largest absolute Gasteiger partial charge is 0.463 e. The van der Waals surface area contributed by atoms with Crippen molar-refractivity contribution in [2.24, 2.45) is 0 Å². The number of aliphatic hydroxyl groups is 6. The van der Waals surface area contributed by atoms with Crippen LogP contribution in [0.4, 0.5) is 0 Å². The molecule has 1 aliphatic heterocycles. The molecule has 0 spiro atoms. The van der Waals surface area contributed by atoms with Crippen LogP contribution < -0.4 is 0 Å². The summed E-state index contributed by atoms with van der Waals surface area (Å²) in [5.74, 6) is -2.56. The van der Waals surface area contributed by atoms with Gasteiger partial charge in [0.05, 0.1) is 6.61 Å². The maximum absolute atomic E-state index is 14.2. The Morgan fingerprint density at radius 3 is 0.848 bits per heavy atom. The smallest absolute Gasteiger partial charge is 0.306 e. The quantitative estimate of drug-likeness (QED) is 0.0143. The van der Waals surface area contributed by atoms with Gasteiger partial charge in [-0.1, -0.05) is 336 Å². The molecule has 0 aromatic heterocycles. The van der Waals surface area contributed by atoms with Gasteiger partial charge in [-0.25, -0.2) is 0 Å². The van der Waals surface area contributed by atoms with Crippen LogP contribution in [0.3, 0.4) is 0 Å². The van der Waals surface area contributed by atoms with Crippen LogP contribution in [0, 0.1) is 0 Å². The van der Waals surface area contributed by atoms with E-state index in [1.165, 1.54) is 205 Å². The molecule has 92 heavy (non-hydrogen) atoms. The molecule has 1 unspecified atom stereocenters. The predicted molar refractivity (Wildman–Crippen MR) is 369 cm³/mol. The standard InChI is InChI=1S/C76H144O16/c1-5-9-13-17-21-25-29-33-37-41-45-49-53-57-65(79)87-62-64-72(89-66(80)58-54-50-46-42-38-34-30-26-22-18-14-10-6-2)73(90-67(81)59-55-51-47-43-39-35-31-27-23-19-15-11-7-3)74(76(88-64)92-75(86)71(85)70(84)69(83)63(78)61-77)91-68(82)60-56-52-48-44-40-36-32-28-24-20-16-12-8-4/h63-64,69-78,83-86H,5-62H2,1-4H3/t63-,64-,69-,70+,71+,72-,73+,74+,75?,76+/m1/s1. The lowest BCUT2D eigenvalue weighted by molar-refractivity contribution is -0.349. The molecule has 6 N–H and O–H groups in total. The monoisotopic (exact) mass is 1310 g/mol. The Bertz CT molecular complexity index is 1670. The first-order valence-corrected chi connectivity index (χ1v) is 38.9. The van der Waals surface area contributed by atoms with E-state index in [9.17, 15) is 49.8 Å². The molecule has 1 fully saturated rings. The zero-order valence-electron chi connectivity index (χ0n) is 59.6. The number of hydrogen-bond donors (Lipinski definition) is 6. The molecule has 1 aliphatic rings. The van der Waals surface area contributed by atoms with E-state index in [2.05, 4.69) is 27.7 Å². The highest BCUT2D eigenvalue weighted by molar-refractivity contribution is 5.72. The van der Waals surface area contributed by atoms with Gasteiger partial charge >= 0.3 is 23.9 Å². The van der Waals surface area contributed by atoms with Crippen LogP contribution in [0.1, 0.15) is 387 Å². The fourth-order valence-corrected chi connectivity index (χ4v) is 12.5. The molecule has 1 heterocycles. The fourth-order valence-electron chi connectivity index (χ4n) is 12.5. The minimum atomic E-state index is -2.41. The third kappa shape index (κ3) is 48.3. The van der Waals surface area contributed by atoms with E-state index in [1.54, 1.807) is 0 Å². The normalized spacial score (nSPS) is 18.3. The molecular weight excluding hydrogens is 1170 g/mol. The topological polar surface area (TPSA) is 245 Å². The Labute approximate surface area is 561 Å². The third-order valence-electron chi connectivity index (χ3n) is 18.6. The minimum Gasteiger partial charge on any atom is -0.463 e. The zero-order valence-corrected chi connectivity index (χ0v) is 59.6. The number of esters is 4. The molecule has 16 heteroatoms. The van der Waals surface area contributed by atoms with Crippen LogP contribution in [-0.2, 0) is 47.6 Å². The van der Waals surface area contributed by atoms with Gasteiger partial charge in [-0.15, -0.1) is 0 Å². The summed E-state index contributed by atoms with van der Waals surface area (Å²) in [5, 5.41) is 63.5. The van der Waals surface area contributed by atoms with E-state index in [-0.39, 0.29) is 25.7 Å². The van der Waals surface area contributed by atoms with Gasteiger partial charge in [0.15, 0.2) is 24.6 Å². The molecule has 0 saturated carbocycles. The third-order valence-corrected chi connectivity index (χ3v) is 18.6. The summed E-state index contributed by atoms with van der Waals surface area (Å²) in [6, 6.07) is 0. The molecule has 1 rings (SSSR count).